The number of thiocarbonyl (C=S) groups is 1. The molecule has 2 atom stereocenters. The van der Waals surface area contributed by atoms with Gasteiger partial charge >= 0.3 is 0 Å². The van der Waals surface area contributed by atoms with Crippen LogP contribution in [-0.2, 0) is 9.47 Å². The maximum absolute atomic E-state index is 5.57. The van der Waals surface area contributed by atoms with Crippen LogP contribution in [0.2, 0.25) is 0 Å². The zero-order valence-corrected chi connectivity index (χ0v) is 7.40. The smallest absolute Gasteiger partial charge is 0.164 e. The van der Waals surface area contributed by atoms with Gasteiger partial charge in [0.25, 0.3) is 0 Å². The third-order valence-corrected chi connectivity index (χ3v) is 2.30. The van der Waals surface area contributed by atoms with Crippen molar-refractivity contribution in [1.29, 1.82) is 0 Å². The zero-order chi connectivity index (χ0) is 8.06. The van der Waals surface area contributed by atoms with Gasteiger partial charge in [0.2, 0.25) is 0 Å². The number of hydrogen-bond acceptors (Lipinski definition) is 3. The largest absolute Gasteiger partial charge is 0.375 e. The Balaban J connectivity index is 2.16. The van der Waals surface area contributed by atoms with Crippen molar-refractivity contribution in [3.05, 3.63) is 0 Å². The normalized spacial score (nSPS) is 40.4. The first-order valence-electron chi connectivity index (χ1n) is 3.72. The molecule has 2 aliphatic rings. The molecule has 0 radical (unpaired) electrons. The Kier molecular flexibility index (Phi) is 1.46. The molecule has 2 fully saturated rings. The van der Waals surface area contributed by atoms with Crippen molar-refractivity contribution < 1.29 is 9.47 Å². The number of hydrogen-bond donors (Lipinski definition) is 1. The molecule has 2 saturated heterocycles. The third-order valence-electron chi connectivity index (χ3n) is 1.92. The van der Waals surface area contributed by atoms with E-state index in [0.717, 1.165) is 11.5 Å². The minimum Gasteiger partial charge on any atom is -0.375 e. The molecule has 0 unspecified atom stereocenters. The number of ether oxygens (including phenoxy) is 2. The lowest BCUT2D eigenvalue weighted by molar-refractivity contribution is -0.142. The van der Waals surface area contributed by atoms with Crippen LogP contribution in [0.3, 0.4) is 0 Å². The Morgan fingerprint density at radius 1 is 1.55 bits per heavy atom. The Hall–Kier alpha value is -0.190. The molecule has 0 aromatic heterocycles. The van der Waals surface area contributed by atoms with Crippen molar-refractivity contribution in [3.8, 4) is 0 Å². The van der Waals surface area contributed by atoms with E-state index in [2.05, 4.69) is 5.32 Å². The molecule has 0 aromatic rings. The van der Waals surface area contributed by atoms with E-state index < -0.39 is 5.79 Å². The Labute approximate surface area is 71.1 Å². The maximum Gasteiger partial charge on any atom is 0.164 e. The van der Waals surface area contributed by atoms with Crippen molar-refractivity contribution in [2.45, 2.75) is 31.8 Å². The van der Waals surface area contributed by atoms with Crippen LogP contribution in [0.15, 0.2) is 0 Å². The molecular weight excluding hydrogens is 162 g/mol. The fourth-order valence-electron chi connectivity index (χ4n) is 1.51. The van der Waals surface area contributed by atoms with Crippen molar-refractivity contribution in [1.82, 2.24) is 5.32 Å². The summed E-state index contributed by atoms with van der Waals surface area (Å²) in [7, 11) is 0. The second-order valence-electron chi connectivity index (χ2n) is 3.34. The van der Waals surface area contributed by atoms with Gasteiger partial charge in [-0.1, -0.05) is 12.2 Å². The number of nitrogens with one attached hydrogen (secondary N) is 1. The predicted octanol–water partition coefficient (Wildman–Crippen LogP) is 0.437. The zero-order valence-electron chi connectivity index (χ0n) is 6.59. The summed E-state index contributed by atoms with van der Waals surface area (Å²) in [6.07, 6.45) is 0.109. The predicted molar refractivity (Wildman–Crippen MR) is 44.4 cm³/mol. The molecule has 4 heteroatoms. The molecule has 0 saturated carbocycles. The first kappa shape index (κ1) is 7.46. The second-order valence-corrected chi connectivity index (χ2v) is 3.78. The van der Waals surface area contributed by atoms with E-state index in [1.807, 2.05) is 13.8 Å². The highest BCUT2D eigenvalue weighted by Gasteiger charge is 2.46. The van der Waals surface area contributed by atoms with Gasteiger partial charge in [0.15, 0.2) is 5.79 Å². The van der Waals surface area contributed by atoms with Crippen LogP contribution in [0, 0.1) is 0 Å². The SMILES string of the molecule is CC1(C)O[C@@H]2CNC(=S)[C@@H]2O1. The van der Waals surface area contributed by atoms with Crippen molar-refractivity contribution >= 4 is 17.2 Å². The van der Waals surface area contributed by atoms with Crippen LogP contribution < -0.4 is 5.32 Å². The summed E-state index contributed by atoms with van der Waals surface area (Å²) in [6, 6.07) is 0. The summed E-state index contributed by atoms with van der Waals surface area (Å²) >= 11 is 5.04. The van der Waals surface area contributed by atoms with E-state index in [-0.39, 0.29) is 12.2 Å². The van der Waals surface area contributed by atoms with Crippen LogP contribution in [0.4, 0.5) is 0 Å². The topological polar surface area (TPSA) is 30.5 Å². The average Bonchev–Trinajstić information content (AvgIpc) is 2.31. The van der Waals surface area contributed by atoms with Gasteiger partial charge in [-0.25, -0.2) is 0 Å². The molecule has 62 valence electrons. The number of rotatable bonds is 0. The Morgan fingerprint density at radius 3 is 2.91 bits per heavy atom. The molecule has 0 bridgehead atoms. The minimum atomic E-state index is -0.457. The van der Waals surface area contributed by atoms with E-state index >= 15 is 0 Å². The van der Waals surface area contributed by atoms with Gasteiger partial charge in [0.05, 0.1) is 0 Å². The average molecular weight is 173 g/mol. The molecule has 2 heterocycles. The lowest BCUT2D eigenvalue weighted by atomic mass is 10.3. The first-order valence-corrected chi connectivity index (χ1v) is 4.13. The highest BCUT2D eigenvalue weighted by Crippen LogP contribution is 2.30. The summed E-state index contributed by atoms with van der Waals surface area (Å²) < 4.78 is 11.1. The summed E-state index contributed by atoms with van der Waals surface area (Å²) in [6.45, 7) is 4.61. The van der Waals surface area contributed by atoms with E-state index in [0.29, 0.717) is 0 Å². The van der Waals surface area contributed by atoms with Crippen molar-refractivity contribution in [2.75, 3.05) is 6.54 Å². The van der Waals surface area contributed by atoms with Gasteiger partial charge in [0, 0.05) is 6.54 Å². The highest BCUT2D eigenvalue weighted by molar-refractivity contribution is 7.80. The van der Waals surface area contributed by atoms with Crippen LogP contribution in [0.25, 0.3) is 0 Å². The van der Waals surface area contributed by atoms with Gasteiger partial charge in [-0.05, 0) is 13.8 Å². The fourth-order valence-corrected chi connectivity index (χ4v) is 1.79. The molecule has 0 aromatic carbocycles. The number of fused-ring (bicyclic) bond motifs is 1. The van der Waals surface area contributed by atoms with Crippen LogP contribution in [-0.4, -0.2) is 29.5 Å². The second kappa shape index (κ2) is 2.15. The van der Waals surface area contributed by atoms with Gasteiger partial charge in [0.1, 0.15) is 17.2 Å². The van der Waals surface area contributed by atoms with E-state index in [1.165, 1.54) is 0 Å². The monoisotopic (exact) mass is 173 g/mol. The highest BCUT2D eigenvalue weighted by atomic mass is 32.1. The molecule has 2 aliphatic heterocycles. The third kappa shape index (κ3) is 1.15. The summed E-state index contributed by atoms with van der Waals surface area (Å²) in [4.78, 5) is 0.778. The summed E-state index contributed by atoms with van der Waals surface area (Å²) in [5, 5.41) is 3.04. The van der Waals surface area contributed by atoms with Crippen molar-refractivity contribution in [2.24, 2.45) is 0 Å². The minimum absolute atomic E-state index is 0.0139. The van der Waals surface area contributed by atoms with Crippen LogP contribution in [0.1, 0.15) is 13.8 Å². The van der Waals surface area contributed by atoms with E-state index in [9.17, 15) is 0 Å². The molecule has 11 heavy (non-hydrogen) atoms. The molecule has 2 rings (SSSR count). The molecule has 0 spiro atoms. The van der Waals surface area contributed by atoms with Gasteiger partial charge in [-0.2, -0.15) is 0 Å². The molecule has 3 nitrogen and oxygen atoms in total. The lowest BCUT2D eigenvalue weighted by Gasteiger charge is -2.18. The Morgan fingerprint density at radius 2 is 2.27 bits per heavy atom. The summed E-state index contributed by atoms with van der Waals surface area (Å²) in [5.74, 6) is -0.457. The van der Waals surface area contributed by atoms with Crippen LogP contribution in [0.5, 0.6) is 0 Å². The van der Waals surface area contributed by atoms with E-state index in [1.54, 1.807) is 0 Å². The quantitative estimate of drug-likeness (QED) is 0.538. The fraction of sp³-hybridized carbons (Fsp3) is 0.857. The summed E-state index contributed by atoms with van der Waals surface area (Å²) in [5.41, 5.74) is 0. The lowest BCUT2D eigenvalue weighted by Crippen LogP contribution is -2.29. The van der Waals surface area contributed by atoms with Gasteiger partial charge in [-0.3, -0.25) is 0 Å². The van der Waals surface area contributed by atoms with Crippen molar-refractivity contribution in [3.63, 3.8) is 0 Å². The Bertz CT molecular complexity index is 205. The standard InChI is InChI=1S/C7H11NO2S/c1-7(2)9-4-3-8-6(11)5(4)10-7/h4-5H,3H2,1-2H3,(H,8,11)/t4-,5-/m1/s1. The molecule has 0 amide bonds. The molecule has 0 aliphatic carbocycles. The van der Waals surface area contributed by atoms with E-state index in [4.69, 9.17) is 21.7 Å². The maximum atomic E-state index is 5.57. The van der Waals surface area contributed by atoms with Gasteiger partial charge in [-0.15, -0.1) is 0 Å². The van der Waals surface area contributed by atoms with Crippen LogP contribution >= 0.6 is 12.2 Å². The first-order chi connectivity index (χ1) is 5.08. The van der Waals surface area contributed by atoms with Gasteiger partial charge < -0.3 is 14.8 Å². The molecular formula is C7H11NO2S. The molecule has 1 N–H and O–H groups in total.